The van der Waals surface area contributed by atoms with E-state index >= 15 is 0 Å². The van der Waals surface area contributed by atoms with E-state index < -0.39 is 0 Å². The molecule has 0 bridgehead atoms. The molecule has 0 fully saturated rings. The highest BCUT2D eigenvalue weighted by Gasteiger charge is 2.03. The van der Waals surface area contributed by atoms with E-state index in [4.69, 9.17) is 0 Å². The quantitative estimate of drug-likeness (QED) is 0.841. The first-order chi connectivity index (χ1) is 9.13. The number of phenolic OH excluding ortho intramolecular Hbond substituents is 1. The summed E-state index contributed by atoms with van der Waals surface area (Å²) in [5, 5.41) is 12.7. The van der Waals surface area contributed by atoms with Gasteiger partial charge < -0.3 is 10.4 Å². The van der Waals surface area contributed by atoms with Crippen LogP contribution in [-0.2, 0) is 6.42 Å². The summed E-state index contributed by atoms with van der Waals surface area (Å²) < 4.78 is 0. The lowest BCUT2D eigenvalue weighted by atomic mass is 10.1. The largest absolute Gasteiger partial charge is 0.508 e. The standard InChI is InChI=1S/C17H21NO/c1-13-3-9-16(10-4-13)18-14(2)5-6-15-7-11-17(19)12-8-15/h3-4,7-12,14,18-19H,5-6H2,1-2H3. The van der Waals surface area contributed by atoms with Crippen molar-refractivity contribution in [1.82, 2.24) is 0 Å². The van der Waals surface area contributed by atoms with E-state index in [0.717, 1.165) is 12.8 Å². The lowest BCUT2D eigenvalue weighted by molar-refractivity contribution is 0.475. The van der Waals surface area contributed by atoms with Gasteiger partial charge in [0, 0.05) is 11.7 Å². The van der Waals surface area contributed by atoms with Gasteiger partial charge in [-0.2, -0.15) is 0 Å². The predicted molar refractivity (Wildman–Crippen MR) is 80.7 cm³/mol. The molecule has 2 aromatic rings. The molecule has 0 spiro atoms. The summed E-state index contributed by atoms with van der Waals surface area (Å²) in [5.74, 6) is 0.328. The van der Waals surface area contributed by atoms with E-state index in [0.29, 0.717) is 11.8 Å². The molecule has 2 aromatic carbocycles. The van der Waals surface area contributed by atoms with E-state index in [1.807, 2.05) is 12.1 Å². The molecule has 0 aliphatic carbocycles. The van der Waals surface area contributed by atoms with Gasteiger partial charge in [0.1, 0.15) is 5.75 Å². The summed E-state index contributed by atoms with van der Waals surface area (Å²) in [4.78, 5) is 0. The number of rotatable bonds is 5. The SMILES string of the molecule is Cc1ccc(NC(C)CCc2ccc(O)cc2)cc1. The molecule has 0 aliphatic rings. The minimum atomic E-state index is 0.328. The van der Waals surface area contributed by atoms with Crippen LogP contribution < -0.4 is 5.32 Å². The highest BCUT2D eigenvalue weighted by atomic mass is 16.3. The van der Waals surface area contributed by atoms with Crippen LogP contribution in [0.25, 0.3) is 0 Å². The van der Waals surface area contributed by atoms with Crippen molar-refractivity contribution in [2.45, 2.75) is 32.7 Å². The topological polar surface area (TPSA) is 32.3 Å². The average molecular weight is 255 g/mol. The van der Waals surface area contributed by atoms with Crippen LogP contribution in [0.4, 0.5) is 5.69 Å². The normalized spacial score (nSPS) is 12.1. The van der Waals surface area contributed by atoms with Crippen molar-refractivity contribution >= 4 is 5.69 Å². The van der Waals surface area contributed by atoms with Crippen molar-refractivity contribution in [3.05, 3.63) is 59.7 Å². The fraction of sp³-hybridized carbons (Fsp3) is 0.294. The minimum absolute atomic E-state index is 0.328. The molecule has 2 heteroatoms. The first-order valence-electron chi connectivity index (χ1n) is 6.74. The Hall–Kier alpha value is -1.96. The van der Waals surface area contributed by atoms with E-state index in [-0.39, 0.29) is 0 Å². The molecule has 19 heavy (non-hydrogen) atoms. The summed E-state index contributed by atoms with van der Waals surface area (Å²) in [7, 11) is 0. The Balaban J connectivity index is 1.82. The zero-order valence-electron chi connectivity index (χ0n) is 11.6. The van der Waals surface area contributed by atoms with E-state index in [2.05, 4.69) is 43.4 Å². The molecule has 2 N–H and O–H groups in total. The van der Waals surface area contributed by atoms with Crippen molar-refractivity contribution in [2.24, 2.45) is 0 Å². The lowest BCUT2D eigenvalue weighted by Crippen LogP contribution is -2.15. The highest BCUT2D eigenvalue weighted by Crippen LogP contribution is 2.14. The van der Waals surface area contributed by atoms with E-state index in [9.17, 15) is 5.11 Å². The number of phenols is 1. The third-order valence-electron chi connectivity index (χ3n) is 3.27. The monoisotopic (exact) mass is 255 g/mol. The third kappa shape index (κ3) is 4.32. The second kappa shape index (κ2) is 6.28. The van der Waals surface area contributed by atoms with Crippen LogP contribution in [0.15, 0.2) is 48.5 Å². The molecule has 2 nitrogen and oxygen atoms in total. The van der Waals surface area contributed by atoms with Gasteiger partial charge in [-0.25, -0.2) is 0 Å². The van der Waals surface area contributed by atoms with Crippen LogP contribution in [0, 0.1) is 6.92 Å². The van der Waals surface area contributed by atoms with Gasteiger partial charge in [-0.1, -0.05) is 29.8 Å². The van der Waals surface area contributed by atoms with Crippen molar-refractivity contribution in [2.75, 3.05) is 5.32 Å². The number of benzene rings is 2. The second-order valence-corrected chi connectivity index (χ2v) is 5.12. The molecule has 0 saturated carbocycles. The molecule has 0 aliphatic heterocycles. The maximum atomic E-state index is 9.24. The second-order valence-electron chi connectivity index (χ2n) is 5.12. The van der Waals surface area contributed by atoms with E-state index in [1.54, 1.807) is 12.1 Å². The minimum Gasteiger partial charge on any atom is -0.508 e. The Kier molecular flexibility index (Phi) is 4.45. The molecule has 0 aromatic heterocycles. The average Bonchev–Trinajstić information content (AvgIpc) is 2.41. The maximum Gasteiger partial charge on any atom is 0.115 e. The molecule has 2 rings (SSSR count). The van der Waals surface area contributed by atoms with Crippen LogP contribution >= 0.6 is 0 Å². The number of aryl methyl sites for hydroxylation is 2. The Labute approximate surface area is 115 Å². The Morgan fingerprint density at radius 2 is 1.63 bits per heavy atom. The maximum absolute atomic E-state index is 9.24. The van der Waals surface area contributed by atoms with Gasteiger partial charge in [-0.15, -0.1) is 0 Å². The summed E-state index contributed by atoms with van der Waals surface area (Å²) in [6.45, 7) is 4.29. The Morgan fingerprint density at radius 1 is 1.00 bits per heavy atom. The lowest BCUT2D eigenvalue weighted by Gasteiger charge is -2.15. The smallest absolute Gasteiger partial charge is 0.115 e. The van der Waals surface area contributed by atoms with Gasteiger partial charge in [-0.05, 0) is 56.5 Å². The molecule has 0 radical (unpaired) electrons. The molecule has 100 valence electrons. The van der Waals surface area contributed by atoms with Crippen LogP contribution in [0.5, 0.6) is 5.75 Å². The van der Waals surface area contributed by atoms with Gasteiger partial charge in [0.2, 0.25) is 0 Å². The number of hydrogen-bond donors (Lipinski definition) is 2. The fourth-order valence-corrected chi connectivity index (χ4v) is 2.05. The summed E-state index contributed by atoms with van der Waals surface area (Å²) in [6.07, 6.45) is 2.08. The molecule has 0 heterocycles. The Bertz CT molecular complexity index is 502. The van der Waals surface area contributed by atoms with Gasteiger partial charge >= 0.3 is 0 Å². The van der Waals surface area contributed by atoms with Crippen LogP contribution in [-0.4, -0.2) is 11.1 Å². The number of aromatic hydroxyl groups is 1. The van der Waals surface area contributed by atoms with Crippen molar-refractivity contribution in [3.63, 3.8) is 0 Å². The molecular weight excluding hydrogens is 234 g/mol. The number of hydrogen-bond acceptors (Lipinski definition) is 2. The van der Waals surface area contributed by atoms with Crippen LogP contribution in [0.3, 0.4) is 0 Å². The van der Waals surface area contributed by atoms with Crippen molar-refractivity contribution in [3.8, 4) is 5.75 Å². The molecular formula is C17H21NO. The summed E-state index contributed by atoms with van der Waals surface area (Å²) in [5.41, 5.74) is 3.71. The molecule has 1 atom stereocenters. The first kappa shape index (κ1) is 13.5. The molecule has 1 unspecified atom stereocenters. The van der Waals surface area contributed by atoms with Crippen LogP contribution in [0.2, 0.25) is 0 Å². The fourth-order valence-electron chi connectivity index (χ4n) is 2.05. The third-order valence-corrected chi connectivity index (χ3v) is 3.27. The zero-order valence-corrected chi connectivity index (χ0v) is 11.6. The van der Waals surface area contributed by atoms with Gasteiger partial charge in [-0.3, -0.25) is 0 Å². The molecule has 0 amide bonds. The summed E-state index contributed by atoms with van der Waals surface area (Å²) in [6, 6.07) is 16.3. The Morgan fingerprint density at radius 3 is 2.26 bits per heavy atom. The molecule has 0 saturated heterocycles. The zero-order chi connectivity index (χ0) is 13.7. The van der Waals surface area contributed by atoms with Gasteiger partial charge in [0.25, 0.3) is 0 Å². The van der Waals surface area contributed by atoms with E-state index in [1.165, 1.54) is 16.8 Å². The predicted octanol–water partition coefficient (Wildman–Crippen LogP) is 4.13. The van der Waals surface area contributed by atoms with Crippen LogP contribution in [0.1, 0.15) is 24.5 Å². The number of anilines is 1. The highest BCUT2D eigenvalue weighted by molar-refractivity contribution is 5.45. The van der Waals surface area contributed by atoms with Crippen molar-refractivity contribution < 1.29 is 5.11 Å². The van der Waals surface area contributed by atoms with Gasteiger partial charge in [0.15, 0.2) is 0 Å². The van der Waals surface area contributed by atoms with Crippen molar-refractivity contribution in [1.29, 1.82) is 0 Å². The summed E-state index contributed by atoms with van der Waals surface area (Å²) >= 11 is 0. The van der Waals surface area contributed by atoms with Gasteiger partial charge in [0.05, 0.1) is 0 Å². The first-order valence-corrected chi connectivity index (χ1v) is 6.74. The number of nitrogens with one attached hydrogen (secondary N) is 1.